The molecule has 8 heteroatoms. The zero-order valence-corrected chi connectivity index (χ0v) is 15.5. The fourth-order valence-corrected chi connectivity index (χ4v) is 2.45. The topological polar surface area (TPSA) is 92.6 Å². The number of rotatable bonds is 5. The maximum Gasteiger partial charge on any atom is 0.276 e. The fourth-order valence-electron chi connectivity index (χ4n) is 2.30. The van der Waals surface area contributed by atoms with Gasteiger partial charge in [0.15, 0.2) is 11.7 Å². The third-order valence-electron chi connectivity index (χ3n) is 3.59. The first-order valence-electron chi connectivity index (χ1n) is 8.33. The van der Waals surface area contributed by atoms with Gasteiger partial charge in [-0.3, -0.25) is 25.8 Å². The smallest absolute Gasteiger partial charge is 0.276 e. The van der Waals surface area contributed by atoms with Crippen LogP contribution < -0.4 is 20.9 Å². The number of hydrazine groups is 1. The predicted octanol–water partition coefficient (Wildman–Crippen LogP) is 2.55. The minimum absolute atomic E-state index is 0.0480. The molecule has 0 saturated heterocycles. The summed E-state index contributed by atoms with van der Waals surface area (Å²) >= 11 is 4.94. The van der Waals surface area contributed by atoms with Crippen LogP contribution in [0.4, 0.5) is 0 Å². The van der Waals surface area contributed by atoms with E-state index in [2.05, 4.69) is 16.2 Å². The number of furan rings is 1. The van der Waals surface area contributed by atoms with Crippen LogP contribution in [-0.4, -0.2) is 23.5 Å². The van der Waals surface area contributed by atoms with Crippen molar-refractivity contribution in [2.24, 2.45) is 0 Å². The van der Waals surface area contributed by atoms with Crippen LogP contribution in [-0.2, 0) is 9.59 Å². The molecule has 0 fully saturated rings. The fraction of sp³-hybridized carbons (Fsp3) is 0.0500. The van der Waals surface area contributed by atoms with E-state index in [0.29, 0.717) is 11.5 Å². The molecule has 0 aliphatic rings. The van der Waals surface area contributed by atoms with E-state index in [0.717, 1.165) is 10.8 Å². The molecule has 0 unspecified atom stereocenters. The summed E-state index contributed by atoms with van der Waals surface area (Å²) < 4.78 is 10.5. The van der Waals surface area contributed by atoms with Crippen LogP contribution in [0, 0.1) is 0 Å². The summed E-state index contributed by atoms with van der Waals surface area (Å²) in [7, 11) is 0. The molecule has 1 aromatic heterocycles. The van der Waals surface area contributed by atoms with Gasteiger partial charge in [0.05, 0.1) is 6.26 Å². The third kappa shape index (κ3) is 5.68. The molecule has 28 heavy (non-hydrogen) atoms. The number of benzene rings is 2. The summed E-state index contributed by atoms with van der Waals surface area (Å²) in [5, 5.41) is 4.45. The van der Waals surface area contributed by atoms with Gasteiger partial charge in [0.2, 0.25) is 5.91 Å². The number of nitrogens with one attached hydrogen (secondary N) is 3. The summed E-state index contributed by atoms with van der Waals surface area (Å²) in [6.45, 7) is -0.208. The minimum atomic E-state index is -0.462. The molecule has 0 aliphatic carbocycles. The first-order chi connectivity index (χ1) is 13.6. The number of hydrogen-bond acceptors (Lipinski definition) is 5. The summed E-state index contributed by atoms with van der Waals surface area (Å²) in [5.74, 6) is 0.201. The Morgan fingerprint density at radius 1 is 1.04 bits per heavy atom. The molecule has 142 valence electrons. The number of thiocarbonyl (C=S) groups is 1. The van der Waals surface area contributed by atoms with E-state index in [1.807, 2.05) is 36.4 Å². The monoisotopic (exact) mass is 395 g/mol. The Kier molecular flexibility index (Phi) is 6.37. The Morgan fingerprint density at radius 3 is 2.64 bits per heavy atom. The molecule has 3 aromatic rings. The molecule has 1 heterocycles. The number of fused-ring (bicyclic) bond motifs is 1. The maximum absolute atomic E-state index is 11.9. The van der Waals surface area contributed by atoms with Crippen molar-refractivity contribution in [2.75, 3.05) is 6.61 Å². The lowest BCUT2D eigenvalue weighted by molar-refractivity contribution is -0.123. The van der Waals surface area contributed by atoms with Crippen LogP contribution in [0.2, 0.25) is 0 Å². The van der Waals surface area contributed by atoms with Crippen molar-refractivity contribution in [3.05, 3.63) is 72.7 Å². The number of amides is 2. The Bertz CT molecular complexity index is 1020. The SMILES string of the molecule is O=C(/C=C/c1ccco1)NC(=S)NNC(=O)COc1ccc2ccccc2c1. The average molecular weight is 395 g/mol. The normalized spacial score (nSPS) is 10.6. The highest BCUT2D eigenvalue weighted by molar-refractivity contribution is 7.80. The lowest BCUT2D eigenvalue weighted by Crippen LogP contribution is -2.49. The van der Waals surface area contributed by atoms with E-state index in [4.69, 9.17) is 21.4 Å². The van der Waals surface area contributed by atoms with Crippen molar-refractivity contribution in [1.29, 1.82) is 0 Å². The first-order valence-corrected chi connectivity index (χ1v) is 8.74. The Hall–Kier alpha value is -3.65. The summed E-state index contributed by atoms with van der Waals surface area (Å²) in [6.07, 6.45) is 4.25. The van der Waals surface area contributed by atoms with Crippen LogP contribution in [0.5, 0.6) is 5.75 Å². The van der Waals surface area contributed by atoms with Crippen molar-refractivity contribution in [1.82, 2.24) is 16.2 Å². The summed E-state index contributed by atoms with van der Waals surface area (Å²) in [6, 6.07) is 16.8. The number of carbonyl (C=O) groups excluding carboxylic acids is 2. The van der Waals surface area contributed by atoms with E-state index in [-0.39, 0.29) is 11.7 Å². The second-order valence-corrected chi connectivity index (χ2v) is 6.05. The maximum atomic E-state index is 11.9. The molecule has 7 nitrogen and oxygen atoms in total. The van der Waals surface area contributed by atoms with Crippen molar-refractivity contribution >= 4 is 46.0 Å². The molecule has 3 rings (SSSR count). The van der Waals surface area contributed by atoms with Gasteiger partial charge >= 0.3 is 0 Å². The summed E-state index contributed by atoms with van der Waals surface area (Å²) in [5.41, 5.74) is 4.79. The standard InChI is InChI=1S/C20H17N3O4S/c24-18(10-9-16-6-3-11-26-16)21-20(28)23-22-19(25)13-27-17-8-7-14-4-1-2-5-15(14)12-17/h1-12H,13H2,(H,22,25)(H2,21,23,24,28)/b10-9+. The third-order valence-corrected chi connectivity index (χ3v) is 3.79. The van der Waals surface area contributed by atoms with Crippen LogP contribution in [0.25, 0.3) is 16.8 Å². The summed E-state index contributed by atoms with van der Waals surface area (Å²) in [4.78, 5) is 23.6. The molecule has 0 bridgehead atoms. The Balaban J connectivity index is 1.39. The van der Waals surface area contributed by atoms with E-state index < -0.39 is 11.8 Å². The lowest BCUT2D eigenvalue weighted by atomic mass is 10.1. The minimum Gasteiger partial charge on any atom is -0.484 e. The van der Waals surface area contributed by atoms with Crippen molar-refractivity contribution in [2.45, 2.75) is 0 Å². The van der Waals surface area contributed by atoms with E-state index in [1.54, 1.807) is 18.2 Å². The van der Waals surface area contributed by atoms with E-state index in [9.17, 15) is 9.59 Å². The van der Waals surface area contributed by atoms with Crippen molar-refractivity contribution in [3.8, 4) is 5.75 Å². The average Bonchev–Trinajstić information content (AvgIpc) is 3.22. The quantitative estimate of drug-likeness (QED) is 0.349. The van der Waals surface area contributed by atoms with Gasteiger partial charge in [0.1, 0.15) is 11.5 Å². The van der Waals surface area contributed by atoms with Crippen molar-refractivity contribution < 1.29 is 18.7 Å². The van der Waals surface area contributed by atoms with E-state index in [1.165, 1.54) is 18.4 Å². The van der Waals surface area contributed by atoms with Crippen LogP contribution >= 0.6 is 12.2 Å². The van der Waals surface area contributed by atoms with Gasteiger partial charge in [-0.1, -0.05) is 30.3 Å². The van der Waals surface area contributed by atoms with Crippen molar-refractivity contribution in [3.63, 3.8) is 0 Å². The second-order valence-electron chi connectivity index (χ2n) is 5.64. The molecule has 3 N–H and O–H groups in total. The molecule has 0 radical (unpaired) electrons. The van der Waals surface area contributed by atoms with Gasteiger partial charge in [-0.2, -0.15) is 0 Å². The van der Waals surface area contributed by atoms with Gasteiger partial charge in [-0.05, 0) is 53.3 Å². The zero-order valence-electron chi connectivity index (χ0n) is 14.7. The molecular weight excluding hydrogens is 378 g/mol. The van der Waals surface area contributed by atoms with Gasteiger partial charge in [0.25, 0.3) is 5.91 Å². The largest absolute Gasteiger partial charge is 0.484 e. The number of carbonyl (C=O) groups is 2. The second kappa shape index (κ2) is 9.33. The molecule has 0 saturated carbocycles. The van der Waals surface area contributed by atoms with Crippen LogP contribution in [0.15, 0.2) is 71.4 Å². The number of hydrogen-bond donors (Lipinski definition) is 3. The Morgan fingerprint density at radius 2 is 1.86 bits per heavy atom. The number of ether oxygens (including phenoxy) is 1. The van der Waals surface area contributed by atoms with E-state index >= 15 is 0 Å². The van der Waals surface area contributed by atoms with Crippen LogP contribution in [0.1, 0.15) is 5.76 Å². The van der Waals surface area contributed by atoms with Gasteiger partial charge in [-0.25, -0.2) is 0 Å². The highest BCUT2D eigenvalue weighted by Gasteiger charge is 2.06. The van der Waals surface area contributed by atoms with Gasteiger partial charge < -0.3 is 9.15 Å². The zero-order chi connectivity index (χ0) is 19.8. The van der Waals surface area contributed by atoms with Crippen LogP contribution in [0.3, 0.4) is 0 Å². The molecule has 0 aliphatic heterocycles. The van der Waals surface area contributed by atoms with Gasteiger partial charge in [0, 0.05) is 6.08 Å². The lowest BCUT2D eigenvalue weighted by Gasteiger charge is -2.11. The highest BCUT2D eigenvalue weighted by atomic mass is 32.1. The molecule has 2 amide bonds. The molecule has 2 aromatic carbocycles. The molecular formula is C20H17N3O4S. The Labute approximate surface area is 166 Å². The molecule has 0 spiro atoms. The molecule has 0 atom stereocenters. The van der Waals surface area contributed by atoms with Gasteiger partial charge in [-0.15, -0.1) is 0 Å². The highest BCUT2D eigenvalue weighted by Crippen LogP contribution is 2.20. The first kappa shape index (κ1) is 19.1. The predicted molar refractivity (Wildman–Crippen MR) is 109 cm³/mol.